The van der Waals surface area contributed by atoms with Crippen LogP contribution in [0, 0.1) is 0 Å². The molecule has 0 unspecified atom stereocenters. The molecule has 1 nitrogen and oxygen atoms in total. The monoisotopic (exact) mass is 235 g/mol. The second kappa shape index (κ2) is 3.69. The van der Waals surface area contributed by atoms with Crippen molar-refractivity contribution in [2.45, 2.75) is 30.6 Å². The summed E-state index contributed by atoms with van der Waals surface area (Å²) in [6, 6.07) is 0. The molecule has 0 saturated carbocycles. The van der Waals surface area contributed by atoms with Crippen LogP contribution in [0.5, 0.6) is 0 Å². The van der Waals surface area contributed by atoms with Crippen molar-refractivity contribution in [3.63, 3.8) is 0 Å². The summed E-state index contributed by atoms with van der Waals surface area (Å²) in [6.07, 6.45) is 15.2. The van der Waals surface area contributed by atoms with Gasteiger partial charge in [-0.3, -0.25) is 0 Å². The molecule has 1 aliphatic heterocycles. The Kier molecular flexibility index (Phi) is 2.43. The maximum Gasteiger partial charge on any atom is 0.0445 e. The van der Waals surface area contributed by atoms with Gasteiger partial charge in [0.2, 0.25) is 0 Å². The number of aromatic nitrogens is 1. The Bertz CT molecular complexity index is 518. The first-order valence-corrected chi connectivity index (χ1v) is 8.68. The zero-order valence-electron chi connectivity index (χ0n) is 10.3. The van der Waals surface area contributed by atoms with Gasteiger partial charge in [0.15, 0.2) is 0 Å². The minimum Gasteiger partial charge on any atom is -0.350 e. The lowest BCUT2D eigenvalue weighted by Gasteiger charge is -2.30. The number of fused-ring (bicyclic) bond motifs is 1. The Morgan fingerprint density at radius 2 is 1.81 bits per heavy atom. The fraction of sp³-hybridized carbons (Fsp3) is 0.571. The average molecular weight is 235 g/mol. The van der Waals surface area contributed by atoms with Crippen LogP contribution in [-0.4, -0.2) is 22.3 Å². The van der Waals surface area contributed by atoms with Crippen LogP contribution in [0.1, 0.15) is 25.7 Å². The van der Waals surface area contributed by atoms with E-state index in [1.807, 2.05) is 0 Å². The van der Waals surface area contributed by atoms with Crippen LogP contribution in [0.15, 0.2) is 11.1 Å². The summed E-state index contributed by atoms with van der Waals surface area (Å²) >= 11 is 0. The molecule has 2 heteroatoms. The molecule has 0 N–H and O–H groups in total. The van der Waals surface area contributed by atoms with Crippen molar-refractivity contribution in [2.24, 2.45) is 7.05 Å². The van der Waals surface area contributed by atoms with E-state index < -0.39 is 10.0 Å². The normalized spacial score (nSPS) is 24.4. The van der Waals surface area contributed by atoms with Crippen molar-refractivity contribution >= 4 is 22.2 Å². The minimum absolute atomic E-state index is 0.475. The second-order valence-electron chi connectivity index (χ2n) is 5.28. The molecule has 88 valence electrons. The SMILES string of the molecule is Cn1cc(S2(C)CCCC2)c2c1=CCCC=2. The summed E-state index contributed by atoms with van der Waals surface area (Å²) in [5.41, 5.74) is 0. The Morgan fingerprint density at radius 3 is 2.56 bits per heavy atom. The molecule has 1 saturated heterocycles. The maximum absolute atomic E-state index is 2.54. The van der Waals surface area contributed by atoms with Gasteiger partial charge in [0.1, 0.15) is 0 Å². The predicted octanol–water partition coefficient (Wildman–Crippen LogP) is 1.97. The molecule has 16 heavy (non-hydrogen) atoms. The van der Waals surface area contributed by atoms with E-state index in [1.54, 1.807) is 10.1 Å². The van der Waals surface area contributed by atoms with E-state index in [0.717, 1.165) is 0 Å². The Labute approximate surface area is 99.2 Å². The number of hydrogen-bond donors (Lipinski definition) is 0. The number of hydrogen-bond acceptors (Lipinski definition) is 0. The first kappa shape index (κ1) is 10.5. The van der Waals surface area contributed by atoms with Gasteiger partial charge in [-0.15, -0.1) is 0 Å². The molecular weight excluding hydrogens is 214 g/mol. The molecule has 0 aromatic carbocycles. The van der Waals surface area contributed by atoms with E-state index in [9.17, 15) is 0 Å². The van der Waals surface area contributed by atoms with Gasteiger partial charge in [0.25, 0.3) is 0 Å². The highest BCUT2D eigenvalue weighted by atomic mass is 32.3. The Hall–Kier alpha value is -0.630. The first-order chi connectivity index (χ1) is 7.71. The van der Waals surface area contributed by atoms with Crippen LogP contribution in [0.2, 0.25) is 0 Å². The largest absolute Gasteiger partial charge is 0.350 e. The van der Waals surface area contributed by atoms with Gasteiger partial charge in [-0.25, -0.2) is 10.0 Å². The fourth-order valence-electron chi connectivity index (χ4n) is 3.09. The molecule has 3 rings (SSSR count). The van der Waals surface area contributed by atoms with Gasteiger partial charge in [0, 0.05) is 28.7 Å². The summed E-state index contributed by atoms with van der Waals surface area (Å²) in [4.78, 5) is 1.69. The fourth-order valence-corrected chi connectivity index (χ4v) is 6.55. The van der Waals surface area contributed by atoms with Gasteiger partial charge < -0.3 is 4.57 Å². The number of rotatable bonds is 1. The molecule has 1 aliphatic carbocycles. The smallest absolute Gasteiger partial charge is 0.0445 e. The minimum atomic E-state index is -0.475. The third-order valence-electron chi connectivity index (χ3n) is 4.06. The molecule has 2 aliphatic rings. The average Bonchev–Trinajstić information content (AvgIpc) is 2.86. The van der Waals surface area contributed by atoms with Crippen LogP contribution in [0.3, 0.4) is 0 Å². The van der Waals surface area contributed by atoms with Gasteiger partial charge in [-0.2, -0.15) is 0 Å². The van der Waals surface area contributed by atoms with Crippen molar-refractivity contribution in [1.29, 1.82) is 0 Å². The van der Waals surface area contributed by atoms with Gasteiger partial charge in [0.05, 0.1) is 0 Å². The summed E-state index contributed by atoms with van der Waals surface area (Å²) in [7, 11) is 1.73. The summed E-state index contributed by atoms with van der Waals surface area (Å²) in [6.45, 7) is 0. The summed E-state index contributed by atoms with van der Waals surface area (Å²) in [5.74, 6) is 2.91. The standard InChI is InChI=1S/C14H21NS/c1-15-11-14(16(2)9-5-6-10-16)12-7-3-4-8-13(12)15/h7-8,11H,3-6,9-10H2,1-2H3. The summed E-state index contributed by atoms with van der Waals surface area (Å²) in [5, 5.41) is 3.05. The van der Waals surface area contributed by atoms with Crippen molar-refractivity contribution in [3.05, 3.63) is 16.8 Å². The zero-order valence-corrected chi connectivity index (χ0v) is 11.1. The zero-order chi connectivity index (χ0) is 11.2. The molecule has 1 aromatic rings. The Balaban J connectivity index is 2.23. The molecule has 0 bridgehead atoms. The van der Waals surface area contributed by atoms with E-state index >= 15 is 0 Å². The topological polar surface area (TPSA) is 4.93 Å². The number of aryl methyl sites for hydroxylation is 1. The molecular formula is C14H21NS. The summed E-state index contributed by atoms with van der Waals surface area (Å²) < 4.78 is 2.34. The lowest BCUT2D eigenvalue weighted by Crippen LogP contribution is -2.31. The second-order valence-corrected chi connectivity index (χ2v) is 9.08. The van der Waals surface area contributed by atoms with E-state index in [0.29, 0.717) is 0 Å². The molecule has 1 fully saturated rings. The molecule has 0 amide bonds. The highest BCUT2D eigenvalue weighted by Gasteiger charge is 2.27. The molecule has 2 heterocycles. The van der Waals surface area contributed by atoms with E-state index in [2.05, 4.69) is 36.2 Å². The van der Waals surface area contributed by atoms with Crippen LogP contribution >= 0.6 is 10.0 Å². The van der Waals surface area contributed by atoms with Crippen LogP contribution in [0.25, 0.3) is 12.2 Å². The van der Waals surface area contributed by atoms with E-state index in [1.165, 1.54) is 42.5 Å². The van der Waals surface area contributed by atoms with Crippen molar-refractivity contribution in [1.82, 2.24) is 4.57 Å². The third-order valence-corrected chi connectivity index (χ3v) is 7.82. The van der Waals surface area contributed by atoms with Gasteiger partial charge >= 0.3 is 0 Å². The highest BCUT2D eigenvalue weighted by Crippen LogP contribution is 2.56. The highest BCUT2D eigenvalue weighted by molar-refractivity contribution is 8.33. The van der Waals surface area contributed by atoms with E-state index in [4.69, 9.17) is 0 Å². The Morgan fingerprint density at radius 1 is 1.12 bits per heavy atom. The quantitative estimate of drug-likeness (QED) is 0.701. The van der Waals surface area contributed by atoms with Crippen LogP contribution < -0.4 is 10.6 Å². The van der Waals surface area contributed by atoms with Crippen molar-refractivity contribution in [2.75, 3.05) is 17.8 Å². The lowest BCUT2D eigenvalue weighted by molar-refractivity contribution is 0.874. The van der Waals surface area contributed by atoms with Gasteiger partial charge in [-0.05, 0) is 43.4 Å². The third kappa shape index (κ3) is 1.46. The first-order valence-electron chi connectivity index (χ1n) is 6.30. The molecule has 0 radical (unpaired) electrons. The predicted molar refractivity (Wildman–Crippen MR) is 73.6 cm³/mol. The van der Waals surface area contributed by atoms with Crippen LogP contribution in [0.4, 0.5) is 0 Å². The number of nitrogens with zero attached hydrogens (tertiary/aromatic N) is 1. The molecule has 1 aromatic heterocycles. The van der Waals surface area contributed by atoms with Crippen LogP contribution in [-0.2, 0) is 7.05 Å². The lowest BCUT2D eigenvalue weighted by atomic mass is 10.2. The molecule has 0 spiro atoms. The maximum atomic E-state index is 2.54. The molecule has 0 atom stereocenters. The van der Waals surface area contributed by atoms with Crippen molar-refractivity contribution in [3.8, 4) is 0 Å². The van der Waals surface area contributed by atoms with Gasteiger partial charge in [-0.1, -0.05) is 12.2 Å². The van der Waals surface area contributed by atoms with Crippen molar-refractivity contribution < 1.29 is 0 Å². The van der Waals surface area contributed by atoms with E-state index in [-0.39, 0.29) is 0 Å².